The predicted molar refractivity (Wildman–Crippen MR) is 93.8 cm³/mol. The molecule has 0 saturated carbocycles. The highest BCUT2D eigenvalue weighted by atomic mass is 16.4. The van der Waals surface area contributed by atoms with E-state index in [0.717, 1.165) is 0 Å². The summed E-state index contributed by atoms with van der Waals surface area (Å²) in [5.41, 5.74) is 0.415. The van der Waals surface area contributed by atoms with Crippen molar-refractivity contribution in [3.63, 3.8) is 0 Å². The lowest BCUT2D eigenvalue weighted by molar-refractivity contribution is -0.216. The Labute approximate surface area is 145 Å². The van der Waals surface area contributed by atoms with Crippen LogP contribution in [0.5, 0.6) is 0 Å². The summed E-state index contributed by atoms with van der Waals surface area (Å²) in [6.07, 6.45) is 0.655. The van der Waals surface area contributed by atoms with Gasteiger partial charge in [0.1, 0.15) is 11.1 Å². The molecule has 0 aliphatic carbocycles. The zero-order valence-electron chi connectivity index (χ0n) is 16.5. The molecule has 0 aromatic rings. The lowest BCUT2D eigenvalue weighted by Crippen LogP contribution is -2.88. The van der Waals surface area contributed by atoms with Gasteiger partial charge in [-0.2, -0.15) is 0 Å². The van der Waals surface area contributed by atoms with Gasteiger partial charge in [-0.1, -0.05) is 41.5 Å². The number of carboxylic acids is 2. The lowest BCUT2D eigenvalue weighted by atomic mass is 9.38. The molecule has 4 atom stereocenters. The standard InChI is InChI=1S/C18H34N2O4/c1-10-15(6)13(2,3)14(4,5)17(8,12(23)24)20-18(15,9)16(7,19)11(21)22/h20H,10,19H2,1-9H3,(H,21,22)(H,23,24). The van der Waals surface area contributed by atoms with Crippen molar-refractivity contribution in [3.8, 4) is 0 Å². The smallest absolute Gasteiger partial charge is 0.325 e. The van der Waals surface area contributed by atoms with E-state index in [1.54, 1.807) is 13.8 Å². The van der Waals surface area contributed by atoms with Gasteiger partial charge in [0.15, 0.2) is 0 Å². The number of nitrogens with two attached hydrogens (primary N) is 1. The molecule has 6 heteroatoms. The molecule has 0 radical (unpaired) electrons. The van der Waals surface area contributed by atoms with Gasteiger partial charge in [-0.05, 0) is 43.4 Å². The number of hydrogen-bond acceptors (Lipinski definition) is 4. The van der Waals surface area contributed by atoms with Crippen LogP contribution in [-0.4, -0.2) is 38.8 Å². The SMILES string of the molecule is CCC1(C)C(C)(C)C(C)(C)C(C)(C(=O)O)NC1(C)C(C)(N)C(=O)O. The molecule has 0 amide bonds. The van der Waals surface area contributed by atoms with E-state index in [-0.39, 0.29) is 0 Å². The summed E-state index contributed by atoms with van der Waals surface area (Å²) < 4.78 is 0. The highest BCUT2D eigenvalue weighted by Crippen LogP contribution is 2.66. The quantitative estimate of drug-likeness (QED) is 0.624. The van der Waals surface area contributed by atoms with Crippen LogP contribution in [0.2, 0.25) is 0 Å². The first-order valence-electron chi connectivity index (χ1n) is 8.45. The molecule has 1 aliphatic heterocycles. The van der Waals surface area contributed by atoms with E-state index >= 15 is 0 Å². The maximum absolute atomic E-state index is 12.2. The largest absolute Gasteiger partial charge is 0.480 e. The van der Waals surface area contributed by atoms with Crippen molar-refractivity contribution in [1.29, 1.82) is 0 Å². The van der Waals surface area contributed by atoms with E-state index in [4.69, 9.17) is 5.73 Å². The number of carbonyl (C=O) groups is 2. The number of hydrogen-bond donors (Lipinski definition) is 4. The maximum atomic E-state index is 12.2. The molecule has 24 heavy (non-hydrogen) atoms. The van der Waals surface area contributed by atoms with Gasteiger partial charge in [-0.3, -0.25) is 14.9 Å². The number of aliphatic carboxylic acids is 2. The molecule has 0 bridgehead atoms. The van der Waals surface area contributed by atoms with Crippen LogP contribution in [0, 0.1) is 16.2 Å². The summed E-state index contributed by atoms with van der Waals surface area (Å²) in [5.74, 6) is -2.16. The van der Waals surface area contributed by atoms with Crippen molar-refractivity contribution in [2.24, 2.45) is 22.0 Å². The minimum absolute atomic E-state index is 0.516. The van der Waals surface area contributed by atoms with Crippen LogP contribution in [0.4, 0.5) is 0 Å². The van der Waals surface area contributed by atoms with Crippen LogP contribution < -0.4 is 11.1 Å². The Morgan fingerprint density at radius 3 is 1.71 bits per heavy atom. The first-order valence-corrected chi connectivity index (χ1v) is 8.45. The number of rotatable bonds is 4. The summed E-state index contributed by atoms with van der Waals surface area (Å²) in [6.45, 7) is 16.8. The first kappa shape index (κ1) is 20.9. The van der Waals surface area contributed by atoms with E-state index < -0.39 is 44.8 Å². The first-order chi connectivity index (χ1) is 10.4. The Hall–Kier alpha value is -1.14. The molecule has 6 nitrogen and oxygen atoms in total. The van der Waals surface area contributed by atoms with Crippen LogP contribution in [0.1, 0.15) is 68.7 Å². The van der Waals surface area contributed by atoms with Gasteiger partial charge in [0, 0.05) is 0 Å². The van der Waals surface area contributed by atoms with Crippen LogP contribution in [0.3, 0.4) is 0 Å². The minimum Gasteiger partial charge on any atom is -0.480 e. The monoisotopic (exact) mass is 342 g/mol. The fourth-order valence-electron chi connectivity index (χ4n) is 4.77. The lowest BCUT2D eigenvalue weighted by Gasteiger charge is -2.72. The van der Waals surface area contributed by atoms with E-state index in [0.29, 0.717) is 6.42 Å². The third-order valence-corrected chi connectivity index (χ3v) is 8.41. The van der Waals surface area contributed by atoms with Crippen LogP contribution >= 0.6 is 0 Å². The fourth-order valence-corrected chi connectivity index (χ4v) is 4.77. The summed E-state index contributed by atoms with van der Waals surface area (Å²) in [7, 11) is 0. The Kier molecular flexibility index (Phi) is 4.51. The van der Waals surface area contributed by atoms with E-state index in [1.807, 2.05) is 41.5 Å². The minimum atomic E-state index is -1.65. The van der Waals surface area contributed by atoms with Gasteiger partial charge >= 0.3 is 11.9 Å². The second-order valence-corrected chi connectivity index (χ2v) is 9.12. The van der Waals surface area contributed by atoms with Gasteiger partial charge in [-0.25, -0.2) is 0 Å². The van der Waals surface area contributed by atoms with Gasteiger partial charge in [-0.15, -0.1) is 0 Å². The Bertz CT molecular complexity index is 569. The fraction of sp³-hybridized carbons (Fsp3) is 0.889. The molecule has 5 N–H and O–H groups in total. The van der Waals surface area contributed by atoms with Gasteiger partial charge in [0.25, 0.3) is 0 Å². The van der Waals surface area contributed by atoms with Crippen LogP contribution in [0.15, 0.2) is 0 Å². The van der Waals surface area contributed by atoms with E-state index in [9.17, 15) is 19.8 Å². The van der Waals surface area contributed by atoms with Crippen LogP contribution in [-0.2, 0) is 9.59 Å². The second kappa shape index (κ2) is 5.18. The molecule has 0 aromatic heterocycles. The third kappa shape index (κ3) is 1.96. The zero-order valence-corrected chi connectivity index (χ0v) is 16.5. The molecule has 4 unspecified atom stereocenters. The summed E-state index contributed by atoms with van der Waals surface area (Å²) in [5, 5.41) is 23.0. The summed E-state index contributed by atoms with van der Waals surface area (Å²) in [6, 6.07) is 0. The Morgan fingerprint density at radius 1 is 1.00 bits per heavy atom. The van der Waals surface area contributed by atoms with Gasteiger partial charge in [0.05, 0.1) is 5.54 Å². The third-order valence-electron chi connectivity index (χ3n) is 8.41. The van der Waals surface area contributed by atoms with E-state index in [1.165, 1.54) is 6.92 Å². The molecule has 0 spiro atoms. The van der Waals surface area contributed by atoms with Crippen molar-refractivity contribution in [2.45, 2.75) is 85.4 Å². The van der Waals surface area contributed by atoms with Gasteiger partial charge < -0.3 is 15.9 Å². The molecule has 1 aliphatic rings. The number of carboxylic acid groups (broad SMARTS) is 2. The van der Waals surface area contributed by atoms with Crippen LogP contribution in [0.25, 0.3) is 0 Å². The summed E-state index contributed by atoms with van der Waals surface area (Å²) in [4.78, 5) is 24.2. The van der Waals surface area contributed by atoms with Crippen molar-refractivity contribution < 1.29 is 19.8 Å². The highest BCUT2D eigenvalue weighted by molar-refractivity contribution is 5.83. The molecule has 1 rings (SSSR count). The molecule has 1 saturated heterocycles. The highest BCUT2D eigenvalue weighted by Gasteiger charge is 2.74. The topological polar surface area (TPSA) is 113 Å². The molecular formula is C18H34N2O4. The predicted octanol–water partition coefficient (Wildman–Crippen LogP) is 2.46. The summed E-state index contributed by atoms with van der Waals surface area (Å²) >= 11 is 0. The zero-order chi connectivity index (χ0) is 19.6. The van der Waals surface area contributed by atoms with Crippen molar-refractivity contribution in [1.82, 2.24) is 5.32 Å². The molecular weight excluding hydrogens is 308 g/mol. The average Bonchev–Trinajstić information content (AvgIpc) is 2.43. The molecule has 0 aromatic carbocycles. The Balaban J connectivity index is 3.92. The average molecular weight is 342 g/mol. The molecule has 1 fully saturated rings. The van der Waals surface area contributed by atoms with E-state index in [2.05, 4.69) is 5.32 Å². The van der Waals surface area contributed by atoms with Crippen molar-refractivity contribution in [3.05, 3.63) is 0 Å². The van der Waals surface area contributed by atoms with Gasteiger partial charge in [0.2, 0.25) is 0 Å². The maximum Gasteiger partial charge on any atom is 0.325 e. The molecule has 1 heterocycles. The second-order valence-electron chi connectivity index (χ2n) is 9.12. The normalized spacial score (nSPS) is 40.6. The number of piperidine rings is 1. The Morgan fingerprint density at radius 2 is 1.42 bits per heavy atom. The van der Waals surface area contributed by atoms with Crippen molar-refractivity contribution >= 4 is 11.9 Å². The van der Waals surface area contributed by atoms with Crippen molar-refractivity contribution in [2.75, 3.05) is 0 Å². The number of nitrogens with one attached hydrogen (secondary N) is 1. The molecule has 140 valence electrons.